The van der Waals surface area contributed by atoms with Crippen LogP contribution in [-0.4, -0.2) is 45.4 Å². The van der Waals surface area contributed by atoms with Crippen molar-refractivity contribution in [2.75, 3.05) is 18.4 Å². The van der Waals surface area contributed by atoms with Crippen LogP contribution in [0, 0.1) is 0 Å². The number of hydrogen-bond donors (Lipinski definition) is 1. The van der Waals surface area contributed by atoms with Crippen molar-refractivity contribution >= 4 is 22.6 Å². The number of carbonyl (C=O) groups is 1. The quantitative estimate of drug-likeness (QED) is 0.894. The van der Waals surface area contributed by atoms with Crippen LogP contribution in [0.5, 0.6) is 0 Å². The Morgan fingerprint density at radius 3 is 2.52 bits per heavy atom. The minimum Gasteiger partial charge on any atom is -0.372 e. The first kappa shape index (κ1) is 17.2. The highest BCUT2D eigenvalue weighted by Gasteiger charge is 2.32. The van der Waals surface area contributed by atoms with Crippen molar-refractivity contribution in [2.45, 2.75) is 26.1 Å². The zero-order chi connectivity index (χ0) is 18.3. The van der Waals surface area contributed by atoms with Crippen LogP contribution in [-0.2, 0) is 18.8 Å². The molecule has 0 unspecified atom stereocenters. The van der Waals surface area contributed by atoms with Crippen LogP contribution in [0.25, 0.3) is 10.9 Å². The number of ether oxygens (including phenoxy) is 1. The molecule has 2 heterocycles. The highest BCUT2D eigenvalue weighted by atomic mass is 16.5. The zero-order valence-corrected chi connectivity index (χ0v) is 14.8. The molecule has 1 N–H and O–H groups in total. The van der Waals surface area contributed by atoms with Gasteiger partial charge in [-0.1, -0.05) is 0 Å². The fraction of sp³-hybridized carbons (Fsp3) is 0.471. The maximum Gasteiger partial charge on any atom is 0.330 e. The molecule has 1 saturated heterocycles. The van der Waals surface area contributed by atoms with Crippen molar-refractivity contribution in [3.05, 3.63) is 39.0 Å². The molecule has 1 aromatic carbocycles. The zero-order valence-electron chi connectivity index (χ0n) is 14.8. The van der Waals surface area contributed by atoms with E-state index in [9.17, 15) is 14.4 Å². The van der Waals surface area contributed by atoms with Crippen molar-refractivity contribution in [1.82, 2.24) is 14.0 Å². The minimum absolute atomic E-state index is 0.0752. The van der Waals surface area contributed by atoms with Crippen LogP contribution in [0.2, 0.25) is 0 Å². The van der Waals surface area contributed by atoms with E-state index in [2.05, 4.69) is 5.32 Å². The minimum atomic E-state index is -0.405. The lowest BCUT2D eigenvalue weighted by Gasteiger charge is -2.39. The molecule has 0 bridgehead atoms. The van der Waals surface area contributed by atoms with Crippen molar-refractivity contribution < 1.29 is 9.53 Å². The molecule has 0 saturated carbocycles. The Balaban J connectivity index is 1.78. The second-order valence-electron chi connectivity index (χ2n) is 6.58. The van der Waals surface area contributed by atoms with Gasteiger partial charge in [0.15, 0.2) is 0 Å². The molecule has 25 heavy (non-hydrogen) atoms. The summed E-state index contributed by atoms with van der Waals surface area (Å²) in [5.74, 6) is 0. The Morgan fingerprint density at radius 1 is 1.20 bits per heavy atom. The molecule has 0 aliphatic carbocycles. The van der Waals surface area contributed by atoms with Gasteiger partial charge in [0.2, 0.25) is 0 Å². The number of hydrogen-bond acceptors (Lipinski definition) is 4. The number of rotatable bonds is 3. The summed E-state index contributed by atoms with van der Waals surface area (Å²) < 4.78 is 8.09. The van der Waals surface area contributed by atoms with E-state index in [1.807, 2.05) is 13.8 Å². The first-order valence-corrected chi connectivity index (χ1v) is 8.19. The number of aryl methyl sites for hydroxylation is 1. The van der Waals surface area contributed by atoms with Gasteiger partial charge in [-0.25, -0.2) is 9.59 Å². The number of nitrogens with zero attached hydrogens (tertiary/aromatic N) is 3. The number of urea groups is 1. The molecule has 8 nitrogen and oxygen atoms in total. The van der Waals surface area contributed by atoms with Gasteiger partial charge in [0.05, 0.1) is 36.2 Å². The number of fused-ring (bicyclic) bond motifs is 1. The molecule has 134 valence electrons. The maximum absolute atomic E-state index is 12.3. The Bertz CT molecular complexity index is 938. The Labute approximate surface area is 144 Å². The first-order chi connectivity index (χ1) is 11.8. The third kappa shape index (κ3) is 3.17. The summed E-state index contributed by atoms with van der Waals surface area (Å²) in [6, 6.07) is 4.69. The predicted molar refractivity (Wildman–Crippen MR) is 95.0 cm³/mol. The molecule has 3 rings (SSSR count). The lowest BCUT2D eigenvalue weighted by Crippen LogP contribution is -2.56. The van der Waals surface area contributed by atoms with Gasteiger partial charge in [0.25, 0.3) is 5.56 Å². The van der Waals surface area contributed by atoms with Crippen molar-refractivity contribution in [1.29, 1.82) is 0 Å². The smallest absolute Gasteiger partial charge is 0.330 e. The Morgan fingerprint density at radius 2 is 1.88 bits per heavy atom. The first-order valence-electron chi connectivity index (χ1n) is 8.19. The second kappa shape index (κ2) is 6.36. The summed E-state index contributed by atoms with van der Waals surface area (Å²) in [6.07, 6.45) is 0.214. The third-order valence-corrected chi connectivity index (χ3v) is 4.32. The standard InChI is InChI=1S/C17H22N4O4/c1-10(2)25-12-8-21(9-12)16(23)18-11-5-6-13-14(7-11)19(3)17(24)20(4)15(13)22/h5-7,10,12H,8-9H2,1-4H3,(H,18,23). The van der Waals surface area contributed by atoms with E-state index in [1.165, 1.54) is 11.6 Å². The van der Waals surface area contributed by atoms with Gasteiger partial charge in [0, 0.05) is 19.8 Å². The summed E-state index contributed by atoms with van der Waals surface area (Å²) in [5.41, 5.74) is 0.259. The van der Waals surface area contributed by atoms with Gasteiger partial charge >= 0.3 is 11.7 Å². The van der Waals surface area contributed by atoms with E-state index in [4.69, 9.17) is 4.74 Å². The number of likely N-dealkylation sites (tertiary alicyclic amines) is 1. The number of benzene rings is 1. The summed E-state index contributed by atoms with van der Waals surface area (Å²) in [5, 5.41) is 3.23. The Hall–Kier alpha value is -2.61. The SMILES string of the molecule is CC(C)OC1CN(C(=O)Nc2ccc3c(=O)n(C)c(=O)n(C)c3c2)C1. The van der Waals surface area contributed by atoms with Crippen LogP contribution >= 0.6 is 0 Å². The molecule has 1 fully saturated rings. The summed E-state index contributed by atoms with van der Waals surface area (Å²) in [6.45, 7) is 5.03. The highest BCUT2D eigenvalue weighted by molar-refractivity contribution is 5.92. The average Bonchev–Trinajstić information content (AvgIpc) is 2.53. The monoisotopic (exact) mass is 346 g/mol. The number of carbonyl (C=O) groups excluding carboxylic acids is 1. The van der Waals surface area contributed by atoms with Gasteiger partial charge in [-0.3, -0.25) is 13.9 Å². The van der Waals surface area contributed by atoms with Gasteiger partial charge in [-0.2, -0.15) is 0 Å². The molecule has 1 aromatic heterocycles. The number of nitrogens with one attached hydrogen (secondary N) is 1. The highest BCUT2D eigenvalue weighted by Crippen LogP contribution is 2.18. The largest absolute Gasteiger partial charge is 0.372 e. The van der Waals surface area contributed by atoms with Crippen LogP contribution in [0.15, 0.2) is 27.8 Å². The molecule has 0 atom stereocenters. The number of aromatic nitrogens is 2. The van der Waals surface area contributed by atoms with E-state index >= 15 is 0 Å². The average molecular weight is 346 g/mol. The summed E-state index contributed by atoms with van der Waals surface area (Å²) >= 11 is 0. The van der Waals surface area contributed by atoms with E-state index in [-0.39, 0.29) is 23.8 Å². The van der Waals surface area contributed by atoms with E-state index in [0.29, 0.717) is 29.7 Å². The van der Waals surface area contributed by atoms with Crippen molar-refractivity contribution in [3.8, 4) is 0 Å². The van der Waals surface area contributed by atoms with Gasteiger partial charge in [-0.15, -0.1) is 0 Å². The molecule has 8 heteroatoms. The lowest BCUT2D eigenvalue weighted by atomic mass is 10.1. The molecular formula is C17H22N4O4. The van der Waals surface area contributed by atoms with E-state index < -0.39 is 5.69 Å². The predicted octanol–water partition coefficient (Wildman–Crippen LogP) is 0.878. The molecule has 1 aliphatic rings. The van der Waals surface area contributed by atoms with Crippen molar-refractivity contribution in [2.24, 2.45) is 14.1 Å². The lowest BCUT2D eigenvalue weighted by molar-refractivity contribution is -0.0624. The summed E-state index contributed by atoms with van der Waals surface area (Å²) in [4.78, 5) is 38.1. The van der Waals surface area contributed by atoms with E-state index in [0.717, 1.165) is 4.57 Å². The summed E-state index contributed by atoms with van der Waals surface area (Å²) in [7, 11) is 3.04. The van der Waals surface area contributed by atoms with Crippen molar-refractivity contribution in [3.63, 3.8) is 0 Å². The molecule has 2 aromatic rings. The fourth-order valence-electron chi connectivity index (χ4n) is 2.94. The van der Waals surface area contributed by atoms with E-state index in [1.54, 1.807) is 30.1 Å². The van der Waals surface area contributed by atoms with Crippen LogP contribution in [0.1, 0.15) is 13.8 Å². The van der Waals surface area contributed by atoms with Crippen LogP contribution < -0.4 is 16.6 Å². The molecule has 2 amide bonds. The third-order valence-electron chi connectivity index (χ3n) is 4.32. The normalized spacial score (nSPS) is 14.8. The molecule has 0 radical (unpaired) electrons. The number of anilines is 1. The van der Waals surface area contributed by atoms with Crippen LogP contribution in [0.4, 0.5) is 10.5 Å². The fourth-order valence-corrected chi connectivity index (χ4v) is 2.94. The second-order valence-corrected chi connectivity index (χ2v) is 6.58. The van der Waals surface area contributed by atoms with Gasteiger partial charge < -0.3 is 15.0 Å². The van der Waals surface area contributed by atoms with Gasteiger partial charge in [0.1, 0.15) is 0 Å². The number of amides is 2. The molecule has 1 aliphatic heterocycles. The molecular weight excluding hydrogens is 324 g/mol. The topological polar surface area (TPSA) is 85.6 Å². The maximum atomic E-state index is 12.3. The van der Waals surface area contributed by atoms with Crippen LogP contribution in [0.3, 0.4) is 0 Å². The molecule has 0 spiro atoms. The Kier molecular flexibility index (Phi) is 4.38. The van der Waals surface area contributed by atoms with Gasteiger partial charge in [-0.05, 0) is 32.0 Å².